The normalized spacial score (nSPS) is 37.4. The van der Waals surface area contributed by atoms with Crippen LogP contribution in [0.3, 0.4) is 0 Å². The lowest BCUT2D eigenvalue weighted by molar-refractivity contribution is -0.498. The van der Waals surface area contributed by atoms with E-state index < -0.39 is 5.79 Å². The lowest BCUT2D eigenvalue weighted by Crippen LogP contribution is -2.81. The zero-order chi connectivity index (χ0) is 26.5. The van der Waals surface area contributed by atoms with Gasteiger partial charge in [0.25, 0.3) is 0 Å². The van der Waals surface area contributed by atoms with E-state index in [2.05, 4.69) is 111 Å². The summed E-state index contributed by atoms with van der Waals surface area (Å²) in [7, 11) is 2.79. The molecule has 5 heteroatoms. The monoisotopic (exact) mass is 520 g/mol. The van der Waals surface area contributed by atoms with Crippen LogP contribution in [-0.2, 0) is 31.2 Å². The van der Waals surface area contributed by atoms with Gasteiger partial charge in [-0.05, 0) is 65.5 Å². The van der Waals surface area contributed by atoms with Crippen molar-refractivity contribution in [1.82, 2.24) is 0 Å². The van der Waals surface area contributed by atoms with Gasteiger partial charge in [0.05, 0.1) is 16.6 Å². The Bertz CT molecular complexity index is 947. The third-order valence-electron chi connectivity index (χ3n) is 8.92. The van der Waals surface area contributed by atoms with Gasteiger partial charge in [0.15, 0.2) is 12.1 Å². The van der Waals surface area contributed by atoms with E-state index in [1.807, 2.05) is 0 Å². The number of rotatable bonds is 4. The van der Waals surface area contributed by atoms with Crippen molar-refractivity contribution in [3.8, 4) is 0 Å². The van der Waals surface area contributed by atoms with Crippen molar-refractivity contribution in [2.75, 3.05) is 6.16 Å². The van der Waals surface area contributed by atoms with Crippen molar-refractivity contribution >= 4 is 17.2 Å². The number of hydrogen-bond donors (Lipinski definition) is 0. The molecule has 0 aliphatic carbocycles. The van der Waals surface area contributed by atoms with Crippen LogP contribution in [0.1, 0.15) is 113 Å². The van der Waals surface area contributed by atoms with Crippen LogP contribution in [0.15, 0.2) is 18.2 Å². The van der Waals surface area contributed by atoms with Crippen LogP contribution in [0.2, 0.25) is 0 Å². The molecule has 4 bridgehead atoms. The van der Waals surface area contributed by atoms with Gasteiger partial charge in [-0.15, -0.1) is 9.24 Å². The van der Waals surface area contributed by atoms with Gasteiger partial charge < -0.3 is 14.2 Å². The molecule has 0 N–H and O–H groups in total. The van der Waals surface area contributed by atoms with Gasteiger partial charge in [0.2, 0.25) is 0 Å². The second-order valence-electron chi connectivity index (χ2n) is 14.9. The topological polar surface area (TPSA) is 27.7 Å². The average molecular weight is 521 g/mol. The second kappa shape index (κ2) is 8.23. The van der Waals surface area contributed by atoms with Crippen LogP contribution < -0.4 is 0 Å². The van der Waals surface area contributed by atoms with E-state index in [-0.39, 0.29) is 46.6 Å². The number of benzene rings is 1. The summed E-state index contributed by atoms with van der Waals surface area (Å²) in [5.41, 5.74) is 3.43. The summed E-state index contributed by atoms with van der Waals surface area (Å²) in [6.07, 6.45) is 3.32. The van der Waals surface area contributed by atoms with Crippen molar-refractivity contribution in [2.24, 2.45) is 0 Å². The summed E-state index contributed by atoms with van der Waals surface area (Å²) in [5, 5.41) is 0.506. The SMILES string of the molecule is CC12CC3(C)OC(CC(C)(O1)C3(CP)c1ccc(C(C)(C)C)cc1CP(C(C)(C)C)C(C)(C)C)O2. The third kappa shape index (κ3) is 4.38. The molecule has 1 aromatic carbocycles. The maximum absolute atomic E-state index is 6.91. The maximum Gasteiger partial charge on any atom is 0.172 e. The zero-order valence-electron chi connectivity index (χ0n) is 24.4. The molecular formula is C30H50O3P2. The summed E-state index contributed by atoms with van der Waals surface area (Å²) < 4.78 is 19.9. The minimum atomic E-state index is -0.580. The number of hydrogen-bond acceptors (Lipinski definition) is 3. The Labute approximate surface area is 218 Å². The molecule has 0 spiro atoms. The molecule has 4 heterocycles. The van der Waals surface area contributed by atoms with Gasteiger partial charge in [-0.2, -0.15) is 0 Å². The second-order valence-corrected chi connectivity index (χ2v) is 19.2. The van der Waals surface area contributed by atoms with Gasteiger partial charge in [-0.25, -0.2) is 0 Å². The summed E-state index contributed by atoms with van der Waals surface area (Å²) in [6.45, 7) is 28.3. The highest BCUT2D eigenvalue weighted by Gasteiger charge is 2.75. The fraction of sp³-hybridized carbons (Fsp3) is 0.800. The Balaban J connectivity index is 1.96. The first-order valence-corrected chi connectivity index (χ1v) is 15.7. The average Bonchev–Trinajstić information content (AvgIpc) is 2.61. The van der Waals surface area contributed by atoms with Crippen molar-refractivity contribution < 1.29 is 14.2 Å². The van der Waals surface area contributed by atoms with Crippen molar-refractivity contribution in [2.45, 2.75) is 147 Å². The minimum Gasteiger partial charge on any atom is -0.345 e. The van der Waals surface area contributed by atoms with Crippen LogP contribution in [0.5, 0.6) is 0 Å². The minimum absolute atomic E-state index is 0.0970. The molecule has 6 atom stereocenters. The van der Waals surface area contributed by atoms with Gasteiger partial charge in [0, 0.05) is 12.8 Å². The molecule has 6 unspecified atom stereocenters. The zero-order valence-corrected chi connectivity index (χ0v) is 26.4. The molecule has 5 rings (SSSR count). The molecule has 0 radical (unpaired) electrons. The maximum atomic E-state index is 6.91. The van der Waals surface area contributed by atoms with E-state index in [0.29, 0.717) is 0 Å². The molecule has 3 nitrogen and oxygen atoms in total. The lowest BCUT2D eigenvalue weighted by Gasteiger charge is -2.72. The van der Waals surface area contributed by atoms with Crippen molar-refractivity contribution in [3.63, 3.8) is 0 Å². The van der Waals surface area contributed by atoms with Crippen LogP contribution in [0.25, 0.3) is 0 Å². The molecule has 0 aromatic heterocycles. The van der Waals surface area contributed by atoms with E-state index >= 15 is 0 Å². The lowest BCUT2D eigenvalue weighted by atomic mass is 9.52. The van der Waals surface area contributed by atoms with Crippen LogP contribution >= 0.6 is 17.2 Å². The first-order chi connectivity index (χ1) is 15.7. The molecule has 198 valence electrons. The third-order valence-corrected chi connectivity index (χ3v) is 13.4. The van der Waals surface area contributed by atoms with Crippen LogP contribution in [-0.4, -0.2) is 39.8 Å². The Morgan fingerprint density at radius 2 is 1.51 bits per heavy atom. The fourth-order valence-electron chi connectivity index (χ4n) is 7.71. The van der Waals surface area contributed by atoms with Gasteiger partial charge >= 0.3 is 0 Å². The molecule has 0 amide bonds. The summed E-state index contributed by atoms with van der Waals surface area (Å²) in [6, 6.07) is 7.33. The summed E-state index contributed by atoms with van der Waals surface area (Å²) in [5.74, 6) is -0.580. The first-order valence-electron chi connectivity index (χ1n) is 13.4. The molecule has 4 aliphatic heterocycles. The summed E-state index contributed by atoms with van der Waals surface area (Å²) >= 11 is 0. The molecule has 1 aromatic rings. The quantitative estimate of drug-likeness (QED) is 0.375. The molecule has 4 saturated heterocycles. The summed E-state index contributed by atoms with van der Waals surface area (Å²) in [4.78, 5) is 0. The van der Waals surface area contributed by atoms with Crippen molar-refractivity contribution in [3.05, 3.63) is 34.9 Å². The Morgan fingerprint density at radius 3 is 1.97 bits per heavy atom. The molecule has 35 heavy (non-hydrogen) atoms. The van der Waals surface area contributed by atoms with Gasteiger partial charge in [-0.3, -0.25) is 0 Å². The Kier molecular flexibility index (Phi) is 6.58. The van der Waals surface area contributed by atoms with E-state index in [1.54, 1.807) is 0 Å². The molecule has 4 fully saturated rings. The molecule has 4 aliphatic rings. The van der Waals surface area contributed by atoms with Crippen LogP contribution in [0, 0.1) is 0 Å². The largest absolute Gasteiger partial charge is 0.345 e. The standard InChI is InChI=1S/C30H50O3P2/c1-24(2,3)21-13-14-22(20(15-21)17-35(25(4,5)6)26(7,8)9)30(19-34)27(10)16-23-31-28(30,11)18-29(12,32-23)33-27/h13-15,23H,16-19,34H2,1-12H3. The Morgan fingerprint density at radius 1 is 0.914 bits per heavy atom. The van der Waals surface area contributed by atoms with Crippen LogP contribution in [0.4, 0.5) is 0 Å². The highest BCUT2D eigenvalue weighted by molar-refractivity contribution is 7.60. The van der Waals surface area contributed by atoms with E-state index in [0.717, 1.165) is 25.2 Å². The predicted molar refractivity (Wildman–Crippen MR) is 153 cm³/mol. The molecule has 0 saturated carbocycles. The van der Waals surface area contributed by atoms with E-state index in [9.17, 15) is 0 Å². The van der Waals surface area contributed by atoms with Gasteiger partial charge in [-0.1, -0.05) is 88.4 Å². The highest BCUT2D eigenvalue weighted by atomic mass is 31.1. The smallest absolute Gasteiger partial charge is 0.172 e. The highest BCUT2D eigenvalue weighted by Crippen LogP contribution is 2.67. The van der Waals surface area contributed by atoms with E-state index in [1.165, 1.54) is 16.7 Å². The van der Waals surface area contributed by atoms with Gasteiger partial charge in [0.1, 0.15) is 0 Å². The number of ether oxygens (including phenoxy) is 3. The predicted octanol–water partition coefficient (Wildman–Crippen LogP) is 8.11. The Hall–Kier alpha value is -0.0400. The molecular weight excluding hydrogens is 470 g/mol. The van der Waals surface area contributed by atoms with Crippen molar-refractivity contribution in [1.29, 1.82) is 0 Å². The fourth-order valence-corrected chi connectivity index (χ4v) is 12.4. The van der Waals surface area contributed by atoms with E-state index in [4.69, 9.17) is 14.2 Å². The first kappa shape index (κ1) is 28.0.